The first-order chi connectivity index (χ1) is 17.3. The number of ether oxygens (including phenoxy) is 1. The van der Waals surface area contributed by atoms with Crippen LogP contribution in [-0.2, 0) is 20.7 Å². The molecular formula is C31H43NO5. The molecule has 9 unspecified atom stereocenters. The van der Waals surface area contributed by atoms with Gasteiger partial charge in [-0.05, 0) is 55.1 Å². The minimum atomic E-state index is -1.23. The van der Waals surface area contributed by atoms with Crippen molar-refractivity contribution < 1.29 is 24.5 Å². The minimum absolute atomic E-state index is 0.0733. The van der Waals surface area contributed by atoms with Crippen LogP contribution in [0.5, 0.6) is 0 Å². The summed E-state index contributed by atoms with van der Waals surface area (Å²) in [6.07, 6.45) is 7.49. The quantitative estimate of drug-likeness (QED) is 0.419. The maximum atomic E-state index is 14.3. The zero-order valence-electron chi connectivity index (χ0n) is 23.0. The number of hydrogen-bond acceptors (Lipinski definition) is 5. The van der Waals surface area contributed by atoms with Gasteiger partial charge in [-0.2, -0.15) is 0 Å². The summed E-state index contributed by atoms with van der Waals surface area (Å²) < 4.78 is 5.95. The van der Waals surface area contributed by atoms with Crippen molar-refractivity contribution in [2.75, 3.05) is 0 Å². The third-order valence-corrected chi connectivity index (χ3v) is 9.40. The lowest BCUT2D eigenvalue weighted by molar-refractivity contribution is -0.190. The molecule has 3 N–H and O–H groups in total. The molecule has 0 aromatic heterocycles. The van der Waals surface area contributed by atoms with Crippen molar-refractivity contribution >= 4 is 11.9 Å². The van der Waals surface area contributed by atoms with Crippen molar-refractivity contribution in [3.63, 3.8) is 0 Å². The molecule has 2 aliphatic carbocycles. The number of hydrogen-bond donors (Lipinski definition) is 3. The highest BCUT2D eigenvalue weighted by atomic mass is 16.5. The van der Waals surface area contributed by atoms with Gasteiger partial charge in [0.15, 0.2) is 0 Å². The fourth-order valence-corrected chi connectivity index (χ4v) is 7.36. The number of benzene rings is 1. The third kappa shape index (κ3) is 4.90. The number of nitrogens with one attached hydrogen (secondary N) is 1. The Morgan fingerprint density at radius 1 is 1.14 bits per heavy atom. The van der Waals surface area contributed by atoms with Gasteiger partial charge in [0.05, 0.1) is 11.7 Å². The van der Waals surface area contributed by atoms with Crippen LogP contribution in [0.3, 0.4) is 0 Å². The van der Waals surface area contributed by atoms with Gasteiger partial charge in [0.25, 0.3) is 0 Å². The molecule has 0 bridgehead atoms. The first kappa shape index (κ1) is 27.6. The number of amides is 1. The Balaban J connectivity index is 1.95. The van der Waals surface area contributed by atoms with Gasteiger partial charge in [0.1, 0.15) is 11.5 Å². The summed E-state index contributed by atoms with van der Waals surface area (Å²) in [4.78, 5) is 26.7. The van der Waals surface area contributed by atoms with E-state index in [-0.39, 0.29) is 29.7 Å². The predicted molar refractivity (Wildman–Crippen MR) is 143 cm³/mol. The lowest BCUT2D eigenvalue weighted by Crippen LogP contribution is -2.65. The number of rotatable bonds is 3. The van der Waals surface area contributed by atoms with Gasteiger partial charge in [-0.1, -0.05) is 76.3 Å². The standard InChI is InChI=1S/C31H43NO5/c1-19-11-10-14-23-27(34)29(4,5)20(2)26-24(17-22-12-8-7-9-13-22)32-28(35)31(23,26)25(37-21(3)33)15-16-30(6,36)18-19/h7-10,12-16,19-20,23-27,34,36H,11,17-18H2,1-6H3,(H,32,35). The monoisotopic (exact) mass is 509 g/mol. The highest BCUT2D eigenvalue weighted by molar-refractivity contribution is 5.89. The molecule has 1 aromatic rings. The molecule has 1 aliphatic heterocycles. The van der Waals surface area contributed by atoms with E-state index in [4.69, 9.17) is 4.74 Å². The summed E-state index contributed by atoms with van der Waals surface area (Å²) in [5.74, 6) is -1.41. The molecule has 202 valence electrons. The van der Waals surface area contributed by atoms with Crippen LogP contribution < -0.4 is 5.32 Å². The third-order valence-electron chi connectivity index (χ3n) is 9.40. The Hall–Kier alpha value is -2.44. The van der Waals surface area contributed by atoms with Crippen LogP contribution in [0.1, 0.15) is 59.9 Å². The molecule has 1 aromatic carbocycles. The average Bonchev–Trinajstić information content (AvgIpc) is 3.08. The first-order valence-corrected chi connectivity index (χ1v) is 13.6. The molecule has 1 saturated carbocycles. The van der Waals surface area contributed by atoms with Crippen molar-refractivity contribution in [3.8, 4) is 0 Å². The van der Waals surface area contributed by atoms with Crippen LogP contribution in [0.2, 0.25) is 0 Å². The molecule has 1 heterocycles. The topological polar surface area (TPSA) is 95.9 Å². The largest absolute Gasteiger partial charge is 0.457 e. The predicted octanol–water partition coefficient (Wildman–Crippen LogP) is 4.21. The highest BCUT2D eigenvalue weighted by Crippen LogP contribution is 2.62. The van der Waals surface area contributed by atoms with Gasteiger partial charge in [0, 0.05) is 24.8 Å². The van der Waals surface area contributed by atoms with E-state index in [9.17, 15) is 19.8 Å². The number of aliphatic hydroxyl groups excluding tert-OH is 1. The summed E-state index contributed by atoms with van der Waals surface area (Å²) in [5, 5.41) is 26.3. The SMILES string of the molecule is CC(=O)OC1C=CC(C)(O)CC(C)CC=CC2C(O)C(C)(C)C(C)C3C(Cc4ccccc4)NC(=O)C123. The fourth-order valence-electron chi connectivity index (χ4n) is 7.36. The van der Waals surface area contributed by atoms with Gasteiger partial charge < -0.3 is 20.3 Å². The maximum absolute atomic E-state index is 14.3. The van der Waals surface area contributed by atoms with E-state index >= 15 is 0 Å². The minimum Gasteiger partial charge on any atom is -0.457 e. The molecule has 3 aliphatic rings. The van der Waals surface area contributed by atoms with E-state index in [2.05, 4.69) is 45.1 Å². The van der Waals surface area contributed by atoms with E-state index in [1.165, 1.54) is 6.92 Å². The molecule has 1 spiro atoms. The van der Waals surface area contributed by atoms with E-state index < -0.39 is 40.5 Å². The smallest absolute Gasteiger partial charge is 0.303 e. The van der Waals surface area contributed by atoms with Gasteiger partial charge in [0.2, 0.25) is 5.91 Å². The van der Waals surface area contributed by atoms with E-state index in [1.54, 1.807) is 19.1 Å². The van der Waals surface area contributed by atoms with E-state index in [0.29, 0.717) is 19.3 Å². The summed E-state index contributed by atoms with van der Waals surface area (Å²) in [6, 6.07) is 9.87. The molecule has 0 radical (unpaired) electrons. The van der Waals surface area contributed by atoms with Crippen LogP contribution in [0.25, 0.3) is 0 Å². The lowest BCUT2D eigenvalue weighted by Gasteiger charge is -2.58. The Kier molecular flexibility index (Phi) is 7.48. The number of allylic oxidation sites excluding steroid dienone is 1. The summed E-state index contributed by atoms with van der Waals surface area (Å²) in [7, 11) is 0. The van der Waals surface area contributed by atoms with Crippen molar-refractivity contribution in [1.29, 1.82) is 0 Å². The zero-order valence-corrected chi connectivity index (χ0v) is 23.0. The van der Waals surface area contributed by atoms with Crippen molar-refractivity contribution in [2.45, 2.75) is 84.7 Å². The van der Waals surface area contributed by atoms with Gasteiger partial charge in [-0.25, -0.2) is 0 Å². The molecule has 2 fully saturated rings. The second kappa shape index (κ2) is 10.0. The van der Waals surface area contributed by atoms with Crippen LogP contribution in [0.15, 0.2) is 54.6 Å². The van der Waals surface area contributed by atoms with Crippen molar-refractivity contribution in [3.05, 3.63) is 60.2 Å². The second-order valence-corrected chi connectivity index (χ2v) is 12.5. The normalized spacial score (nSPS) is 41.2. The number of esters is 1. The molecule has 1 amide bonds. The molecule has 6 nitrogen and oxygen atoms in total. The van der Waals surface area contributed by atoms with E-state index in [1.807, 2.05) is 30.4 Å². The summed E-state index contributed by atoms with van der Waals surface area (Å²) in [5.41, 5.74) is -1.74. The number of carbonyl (C=O) groups excluding carboxylic acids is 2. The first-order valence-electron chi connectivity index (χ1n) is 13.6. The van der Waals surface area contributed by atoms with Gasteiger partial charge in [-0.15, -0.1) is 0 Å². The van der Waals surface area contributed by atoms with Crippen LogP contribution in [-0.4, -0.2) is 45.9 Å². The summed E-state index contributed by atoms with van der Waals surface area (Å²) in [6.45, 7) is 11.4. The Morgan fingerprint density at radius 3 is 2.46 bits per heavy atom. The van der Waals surface area contributed by atoms with Crippen molar-refractivity contribution in [2.24, 2.45) is 34.5 Å². The maximum Gasteiger partial charge on any atom is 0.303 e. The Bertz CT molecular complexity index is 1060. The fraction of sp³-hybridized carbons (Fsp3) is 0.613. The zero-order chi connectivity index (χ0) is 27.2. The molecule has 9 atom stereocenters. The molecular weight excluding hydrogens is 466 g/mol. The molecule has 1 saturated heterocycles. The average molecular weight is 510 g/mol. The molecule has 6 heteroatoms. The molecule has 37 heavy (non-hydrogen) atoms. The van der Waals surface area contributed by atoms with E-state index in [0.717, 1.165) is 5.56 Å². The lowest BCUT2D eigenvalue weighted by atomic mass is 9.46. The summed E-state index contributed by atoms with van der Waals surface area (Å²) >= 11 is 0. The van der Waals surface area contributed by atoms with Crippen LogP contribution in [0, 0.1) is 34.5 Å². The number of carbonyl (C=O) groups is 2. The van der Waals surface area contributed by atoms with Gasteiger partial charge >= 0.3 is 5.97 Å². The Morgan fingerprint density at radius 2 is 1.81 bits per heavy atom. The number of aliphatic hydroxyl groups is 2. The molecule has 4 rings (SSSR count). The van der Waals surface area contributed by atoms with Crippen LogP contribution >= 0.6 is 0 Å². The highest BCUT2D eigenvalue weighted by Gasteiger charge is 2.71. The van der Waals surface area contributed by atoms with Crippen LogP contribution in [0.4, 0.5) is 0 Å². The van der Waals surface area contributed by atoms with Crippen molar-refractivity contribution in [1.82, 2.24) is 5.32 Å². The second-order valence-electron chi connectivity index (χ2n) is 12.5. The van der Waals surface area contributed by atoms with Gasteiger partial charge in [-0.3, -0.25) is 9.59 Å². The Labute approximate surface area is 221 Å².